The maximum absolute atomic E-state index is 13.4. The number of pyridine rings is 1. The summed E-state index contributed by atoms with van der Waals surface area (Å²) in [6.07, 6.45) is 6.57. The number of hydrogen-bond acceptors (Lipinski definition) is 10. The number of carbonyl (C=O) groups excluding carboxylic acids is 2. The maximum atomic E-state index is 13.4. The number of anilines is 3. The van der Waals surface area contributed by atoms with Crippen molar-refractivity contribution in [3.05, 3.63) is 120 Å². The van der Waals surface area contributed by atoms with Crippen LogP contribution in [0.5, 0.6) is 5.75 Å². The summed E-state index contributed by atoms with van der Waals surface area (Å²) in [6.45, 7) is 10.7. The van der Waals surface area contributed by atoms with Gasteiger partial charge in [0, 0.05) is 60.3 Å². The molecule has 1 aliphatic heterocycles. The van der Waals surface area contributed by atoms with Crippen LogP contribution in [-0.2, 0) is 6.61 Å². The number of amides is 3. The van der Waals surface area contributed by atoms with Gasteiger partial charge in [-0.1, -0.05) is 62.7 Å². The Morgan fingerprint density at radius 3 is 2.44 bits per heavy atom. The average Bonchev–Trinajstić information content (AvgIpc) is 3.19. The number of amidine groups is 1. The van der Waals surface area contributed by atoms with E-state index in [1.165, 1.54) is 12.4 Å². The van der Waals surface area contributed by atoms with Crippen molar-refractivity contribution >= 4 is 51.6 Å². The van der Waals surface area contributed by atoms with Gasteiger partial charge in [-0.3, -0.25) is 10.1 Å². The number of nitrogens with one attached hydrogen (secondary N) is 4. The predicted octanol–water partition coefficient (Wildman–Crippen LogP) is 7.56. The topological polar surface area (TPSA) is 172 Å². The predicted molar refractivity (Wildman–Crippen MR) is 223 cm³/mol. The number of nitrogens with two attached hydrogens (primary N) is 1. The molecule has 0 saturated carbocycles. The molecular formula is C43H49FN10O3. The number of alkyl halides is 1. The van der Waals surface area contributed by atoms with Crippen molar-refractivity contribution in [2.45, 2.75) is 53.3 Å². The fraction of sp³-hybridized carbons (Fsp3) is 0.302. The first kappa shape index (κ1) is 40.3. The minimum Gasteiger partial charge on any atom is -0.488 e. The molecule has 3 amide bonds. The first-order valence-corrected chi connectivity index (χ1v) is 18.9. The summed E-state index contributed by atoms with van der Waals surface area (Å²) in [6, 6.07) is 22.2. The summed E-state index contributed by atoms with van der Waals surface area (Å²) in [5, 5.41) is 13.4. The number of aryl methyl sites for hydroxylation is 1. The molecule has 0 unspecified atom stereocenters. The highest BCUT2D eigenvalue weighted by Gasteiger charge is 2.19. The third-order valence-electron chi connectivity index (χ3n) is 9.41. The molecule has 1 aliphatic rings. The highest BCUT2D eigenvalue weighted by molar-refractivity contribution is 6.11. The van der Waals surface area contributed by atoms with Gasteiger partial charge >= 0.3 is 6.03 Å². The van der Waals surface area contributed by atoms with Crippen molar-refractivity contribution in [1.29, 1.82) is 0 Å². The van der Waals surface area contributed by atoms with E-state index in [2.05, 4.69) is 46.1 Å². The van der Waals surface area contributed by atoms with Gasteiger partial charge in [-0.2, -0.15) is 0 Å². The van der Waals surface area contributed by atoms with Gasteiger partial charge < -0.3 is 31.3 Å². The number of carbonyl (C=O) groups is 2. The van der Waals surface area contributed by atoms with E-state index < -0.39 is 12.2 Å². The molecular weight excluding hydrogens is 724 g/mol. The number of allylic oxidation sites excluding steroid dienone is 1. The lowest BCUT2D eigenvalue weighted by atomic mass is 9.92. The van der Waals surface area contributed by atoms with Crippen LogP contribution in [0.25, 0.3) is 10.8 Å². The summed E-state index contributed by atoms with van der Waals surface area (Å²) in [4.78, 5) is 45.8. The van der Waals surface area contributed by atoms with Crippen LogP contribution in [0.1, 0.15) is 55.2 Å². The second kappa shape index (κ2) is 18.5. The maximum Gasteiger partial charge on any atom is 0.324 e. The van der Waals surface area contributed by atoms with E-state index in [1.807, 2.05) is 94.4 Å². The molecule has 3 heterocycles. The molecule has 3 aromatic carbocycles. The molecule has 296 valence electrons. The minimum atomic E-state index is -0.727. The van der Waals surface area contributed by atoms with E-state index in [0.29, 0.717) is 79.3 Å². The van der Waals surface area contributed by atoms with E-state index in [0.717, 1.165) is 21.9 Å². The van der Waals surface area contributed by atoms with Crippen LogP contribution in [0.2, 0.25) is 0 Å². The summed E-state index contributed by atoms with van der Waals surface area (Å²) in [5.41, 5.74) is 10.0. The lowest BCUT2D eigenvalue weighted by molar-refractivity contribution is 0.0935. The van der Waals surface area contributed by atoms with Gasteiger partial charge in [-0.25, -0.2) is 29.1 Å². The van der Waals surface area contributed by atoms with Gasteiger partial charge in [-0.05, 0) is 61.7 Å². The Hall–Kier alpha value is -6.41. The van der Waals surface area contributed by atoms with Crippen molar-refractivity contribution in [2.24, 2.45) is 16.1 Å². The van der Waals surface area contributed by atoms with Crippen molar-refractivity contribution < 1.29 is 18.7 Å². The summed E-state index contributed by atoms with van der Waals surface area (Å²) < 4.78 is 19.7. The third kappa shape index (κ3) is 11.6. The van der Waals surface area contributed by atoms with Crippen molar-refractivity contribution in [3.8, 4) is 5.75 Å². The Morgan fingerprint density at radius 1 is 0.965 bits per heavy atom. The van der Waals surface area contributed by atoms with Crippen LogP contribution in [0.4, 0.5) is 32.2 Å². The molecule has 6 N–H and O–H groups in total. The van der Waals surface area contributed by atoms with Crippen LogP contribution in [-0.4, -0.2) is 70.0 Å². The zero-order valence-corrected chi connectivity index (χ0v) is 32.7. The van der Waals surface area contributed by atoms with Crippen molar-refractivity contribution in [3.63, 3.8) is 0 Å². The number of likely N-dealkylation sites (tertiary alicyclic amines) is 1. The van der Waals surface area contributed by atoms with Crippen molar-refractivity contribution in [2.75, 3.05) is 36.8 Å². The van der Waals surface area contributed by atoms with Gasteiger partial charge in [0.1, 0.15) is 41.7 Å². The number of rotatable bonds is 12. The number of aliphatic imine (C=N–C) groups is 1. The molecule has 1 fully saturated rings. The van der Waals surface area contributed by atoms with Gasteiger partial charge in [0.05, 0.1) is 23.8 Å². The molecule has 5 aromatic rings. The first-order chi connectivity index (χ1) is 27.4. The average molecular weight is 773 g/mol. The highest BCUT2D eigenvalue weighted by atomic mass is 19.1. The van der Waals surface area contributed by atoms with E-state index in [-0.39, 0.29) is 23.6 Å². The number of nitrogens with zero attached hydrogens (tertiary/aromatic N) is 5. The van der Waals surface area contributed by atoms with Crippen LogP contribution in [0.15, 0.2) is 108 Å². The molecule has 6 rings (SSSR count). The number of aromatic nitrogens is 3. The van der Waals surface area contributed by atoms with Gasteiger partial charge in [0.2, 0.25) is 0 Å². The SMILES string of the molecule is Cc1ccc(N=C(C=C(N)C(C)(C)C)NC(=O)Nc2ccc(OCc3ccnc(Nc4cnc(C(=O)NCCN5CCC(F)CC5)cn4)c3)c3ccccc23)cc1. The zero-order valence-electron chi connectivity index (χ0n) is 32.7. The monoisotopic (exact) mass is 772 g/mol. The van der Waals surface area contributed by atoms with Gasteiger partial charge in [-0.15, -0.1) is 0 Å². The number of piperidine rings is 1. The largest absolute Gasteiger partial charge is 0.488 e. The lowest BCUT2D eigenvalue weighted by Gasteiger charge is -2.28. The Balaban J connectivity index is 1.06. The summed E-state index contributed by atoms with van der Waals surface area (Å²) in [5.74, 6) is 1.57. The van der Waals surface area contributed by atoms with E-state index in [1.54, 1.807) is 18.3 Å². The second-order valence-electron chi connectivity index (χ2n) is 14.9. The summed E-state index contributed by atoms with van der Waals surface area (Å²) >= 11 is 0. The normalized spacial score (nSPS) is 14.3. The molecule has 0 bridgehead atoms. The fourth-order valence-corrected chi connectivity index (χ4v) is 5.97. The Morgan fingerprint density at radius 2 is 1.72 bits per heavy atom. The molecule has 1 saturated heterocycles. The van der Waals surface area contributed by atoms with Gasteiger partial charge in [0.25, 0.3) is 5.91 Å². The molecule has 14 heteroatoms. The Bertz CT molecular complexity index is 2230. The molecule has 0 aliphatic carbocycles. The quantitative estimate of drug-likeness (QED) is 0.0634. The van der Waals surface area contributed by atoms with Crippen LogP contribution in [0.3, 0.4) is 0 Å². The van der Waals surface area contributed by atoms with Crippen LogP contribution >= 0.6 is 0 Å². The minimum absolute atomic E-state index is 0.197. The number of hydrogen-bond donors (Lipinski definition) is 5. The second-order valence-corrected chi connectivity index (χ2v) is 14.9. The lowest BCUT2D eigenvalue weighted by Crippen LogP contribution is -2.40. The van der Waals surface area contributed by atoms with Gasteiger partial charge in [0.15, 0.2) is 0 Å². The van der Waals surface area contributed by atoms with E-state index in [9.17, 15) is 14.0 Å². The zero-order chi connectivity index (χ0) is 40.4. The van der Waals surface area contributed by atoms with E-state index in [4.69, 9.17) is 10.5 Å². The standard InChI is InChI=1S/C43H49FN10O3/c1-28-9-11-31(12-10-28)50-39(24-37(45)43(2,3)4)53-42(56)51-34-13-14-36(33-8-6-5-7-32(33)34)57-27-29-15-18-46-38(23-29)52-40-26-48-35(25-49-40)41(55)47-19-22-54-20-16-30(44)17-21-54/h5-15,18,23-26,30H,16-17,19-22,27,45H2,1-4H3,(H,47,55)(H,46,49,52)(H2,50,51,53,56). The molecule has 0 radical (unpaired) electrons. The number of urea groups is 1. The van der Waals surface area contributed by atoms with E-state index >= 15 is 0 Å². The summed E-state index contributed by atoms with van der Waals surface area (Å²) in [7, 11) is 0. The number of ether oxygens (including phenoxy) is 1. The molecule has 2 aromatic heterocycles. The Kier molecular flexibility index (Phi) is 13.1. The van der Waals surface area contributed by atoms with Crippen LogP contribution < -0.4 is 31.7 Å². The van der Waals surface area contributed by atoms with Crippen LogP contribution in [0, 0.1) is 12.3 Å². The highest BCUT2D eigenvalue weighted by Crippen LogP contribution is 2.32. The first-order valence-electron chi connectivity index (χ1n) is 18.9. The van der Waals surface area contributed by atoms with Crippen molar-refractivity contribution in [1.82, 2.24) is 30.5 Å². The number of halogens is 1. The number of fused-ring (bicyclic) bond motifs is 1. The molecule has 13 nitrogen and oxygen atoms in total. The molecule has 0 spiro atoms. The number of benzene rings is 3. The smallest absolute Gasteiger partial charge is 0.324 e. The molecule has 0 atom stereocenters. The molecule has 57 heavy (non-hydrogen) atoms. The third-order valence-corrected chi connectivity index (χ3v) is 9.41. The Labute approximate surface area is 332 Å². The fourth-order valence-electron chi connectivity index (χ4n) is 5.97.